The summed E-state index contributed by atoms with van der Waals surface area (Å²) in [5.41, 5.74) is 2.40. The maximum Gasteiger partial charge on any atom is 0.329 e. The zero-order valence-electron chi connectivity index (χ0n) is 13.4. The Balaban J connectivity index is 1.48. The topological polar surface area (TPSA) is 75.7 Å². The molecule has 1 aromatic rings. The third-order valence-electron chi connectivity index (χ3n) is 4.32. The van der Waals surface area contributed by atoms with Crippen molar-refractivity contribution >= 4 is 23.4 Å². The van der Waals surface area contributed by atoms with Crippen LogP contribution >= 0.6 is 0 Å². The van der Waals surface area contributed by atoms with Crippen LogP contribution in [0.15, 0.2) is 36.4 Å². The quantitative estimate of drug-likeness (QED) is 0.841. The van der Waals surface area contributed by atoms with Crippen molar-refractivity contribution < 1.29 is 19.1 Å². The highest BCUT2D eigenvalue weighted by Gasteiger charge is 2.29. The minimum Gasteiger partial charge on any atom is -0.454 e. The Labute approximate surface area is 140 Å². The van der Waals surface area contributed by atoms with Crippen molar-refractivity contribution in [2.75, 3.05) is 19.7 Å². The number of amides is 2. The summed E-state index contributed by atoms with van der Waals surface area (Å²) >= 11 is 0. The molecular formula is C18H20N2O4. The van der Waals surface area contributed by atoms with Gasteiger partial charge < -0.3 is 15.0 Å². The summed E-state index contributed by atoms with van der Waals surface area (Å²) < 4.78 is 5.04. The van der Waals surface area contributed by atoms with Gasteiger partial charge in [0.1, 0.15) is 6.04 Å². The fraction of sp³-hybridized carbons (Fsp3) is 0.389. The standard InChI is InChI=1S/C18H20N2O4/c21-16-7-6-15(19-16)18(23)24-12-17(22)20-10-8-14(9-11-20)13-4-2-1-3-5-13/h1-5,8,15H,6-7,9-12H2,(H,19,21)/t15-/m0/s1. The van der Waals surface area contributed by atoms with Gasteiger partial charge in [-0.25, -0.2) is 4.79 Å². The molecule has 126 valence electrons. The van der Waals surface area contributed by atoms with E-state index in [1.54, 1.807) is 4.90 Å². The summed E-state index contributed by atoms with van der Waals surface area (Å²) in [5.74, 6) is -0.902. The van der Waals surface area contributed by atoms with Crippen LogP contribution in [0.1, 0.15) is 24.8 Å². The van der Waals surface area contributed by atoms with Crippen LogP contribution in [0.4, 0.5) is 0 Å². The number of benzene rings is 1. The first-order valence-electron chi connectivity index (χ1n) is 8.12. The molecule has 0 saturated carbocycles. The molecule has 6 heteroatoms. The van der Waals surface area contributed by atoms with Crippen molar-refractivity contribution in [2.45, 2.75) is 25.3 Å². The van der Waals surface area contributed by atoms with Gasteiger partial charge in [-0.1, -0.05) is 36.4 Å². The zero-order chi connectivity index (χ0) is 16.9. The van der Waals surface area contributed by atoms with E-state index in [2.05, 4.69) is 17.4 Å². The average molecular weight is 328 g/mol. The lowest BCUT2D eigenvalue weighted by atomic mass is 10.00. The third kappa shape index (κ3) is 3.82. The fourth-order valence-electron chi connectivity index (χ4n) is 2.93. The first kappa shape index (κ1) is 16.2. The van der Waals surface area contributed by atoms with Crippen LogP contribution in [-0.2, 0) is 19.1 Å². The van der Waals surface area contributed by atoms with Crippen LogP contribution < -0.4 is 5.32 Å². The molecule has 1 atom stereocenters. The number of carbonyl (C=O) groups excluding carboxylic acids is 3. The SMILES string of the molecule is O=C1CC[C@@H](C(=O)OCC(=O)N2CC=C(c3ccccc3)CC2)N1. The van der Waals surface area contributed by atoms with E-state index in [4.69, 9.17) is 4.74 Å². The molecule has 2 aliphatic rings. The molecule has 1 fully saturated rings. The fourth-order valence-corrected chi connectivity index (χ4v) is 2.93. The summed E-state index contributed by atoms with van der Waals surface area (Å²) in [6.07, 6.45) is 3.57. The highest BCUT2D eigenvalue weighted by Crippen LogP contribution is 2.22. The lowest BCUT2D eigenvalue weighted by Gasteiger charge is -2.26. The van der Waals surface area contributed by atoms with Crippen LogP contribution in [0.3, 0.4) is 0 Å². The molecule has 0 spiro atoms. The van der Waals surface area contributed by atoms with E-state index in [1.165, 1.54) is 11.1 Å². The third-order valence-corrected chi connectivity index (χ3v) is 4.32. The van der Waals surface area contributed by atoms with E-state index in [1.807, 2.05) is 24.3 Å². The molecule has 1 aromatic carbocycles. The minimum atomic E-state index is -0.615. The number of hydrogen-bond acceptors (Lipinski definition) is 4. The van der Waals surface area contributed by atoms with Gasteiger partial charge in [0.2, 0.25) is 5.91 Å². The van der Waals surface area contributed by atoms with Gasteiger partial charge in [-0.3, -0.25) is 9.59 Å². The second-order valence-electron chi connectivity index (χ2n) is 5.95. The van der Waals surface area contributed by atoms with Crippen LogP contribution in [0.2, 0.25) is 0 Å². The molecule has 1 saturated heterocycles. The molecule has 6 nitrogen and oxygen atoms in total. The Hall–Kier alpha value is -2.63. The molecule has 0 aliphatic carbocycles. The van der Waals surface area contributed by atoms with Crippen LogP contribution in [0, 0.1) is 0 Å². The van der Waals surface area contributed by atoms with Crippen molar-refractivity contribution in [2.24, 2.45) is 0 Å². The van der Waals surface area contributed by atoms with Gasteiger partial charge in [-0.05, 0) is 24.0 Å². The highest BCUT2D eigenvalue weighted by atomic mass is 16.5. The van der Waals surface area contributed by atoms with E-state index in [-0.39, 0.29) is 18.4 Å². The molecule has 0 bridgehead atoms. The Kier molecular flexibility index (Phi) is 4.93. The van der Waals surface area contributed by atoms with Gasteiger partial charge >= 0.3 is 5.97 Å². The lowest BCUT2D eigenvalue weighted by molar-refractivity contribution is -0.153. The van der Waals surface area contributed by atoms with Gasteiger partial charge in [0, 0.05) is 19.5 Å². The molecule has 2 heterocycles. The summed E-state index contributed by atoms with van der Waals surface area (Å²) in [4.78, 5) is 36.7. The summed E-state index contributed by atoms with van der Waals surface area (Å²) in [7, 11) is 0. The van der Waals surface area contributed by atoms with Crippen LogP contribution in [0.25, 0.3) is 5.57 Å². The number of esters is 1. The molecule has 0 aromatic heterocycles. The van der Waals surface area contributed by atoms with E-state index in [9.17, 15) is 14.4 Å². The van der Waals surface area contributed by atoms with Crippen molar-refractivity contribution in [3.63, 3.8) is 0 Å². The molecule has 24 heavy (non-hydrogen) atoms. The van der Waals surface area contributed by atoms with E-state index >= 15 is 0 Å². The molecule has 2 amide bonds. The van der Waals surface area contributed by atoms with Crippen LogP contribution in [-0.4, -0.2) is 48.4 Å². The van der Waals surface area contributed by atoms with Crippen LogP contribution in [0.5, 0.6) is 0 Å². The predicted molar refractivity (Wildman–Crippen MR) is 87.7 cm³/mol. The molecule has 3 rings (SSSR count). The smallest absolute Gasteiger partial charge is 0.329 e. The number of rotatable bonds is 4. The molecule has 0 radical (unpaired) electrons. The molecular weight excluding hydrogens is 308 g/mol. The highest BCUT2D eigenvalue weighted by molar-refractivity contribution is 5.89. The second-order valence-corrected chi connectivity index (χ2v) is 5.95. The Bertz CT molecular complexity index is 669. The minimum absolute atomic E-state index is 0.155. The lowest BCUT2D eigenvalue weighted by Crippen LogP contribution is -2.40. The number of nitrogens with zero attached hydrogens (tertiary/aromatic N) is 1. The van der Waals surface area contributed by atoms with Gasteiger partial charge in [-0.15, -0.1) is 0 Å². The molecule has 1 N–H and O–H groups in total. The van der Waals surface area contributed by atoms with Gasteiger partial charge in [0.05, 0.1) is 0 Å². The maximum atomic E-state index is 12.2. The Morgan fingerprint density at radius 3 is 2.62 bits per heavy atom. The van der Waals surface area contributed by atoms with E-state index in [0.717, 1.165) is 6.42 Å². The number of carbonyl (C=O) groups is 3. The summed E-state index contributed by atoms with van der Waals surface area (Å²) in [6, 6.07) is 9.46. The first-order valence-corrected chi connectivity index (χ1v) is 8.12. The number of ether oxygens (including phenoxy) is 1. The van der Waals surface area contributed by atoms with Crippen molar-refractivity contribution in [3.8, 4) is 0 Å². The van der Waals surface area contributed by atoms with E-state index in [0.29, 0.717) is 25.9 Å². The first-order chi connectivity index (χ1) is 11.6. The Morgan fingerprint density at radius 2 is 2.00 bits per heavy atom. The second kappa shape index (κ2) is 7.29. The molecule has 0 unspecified atom stereocenters. The van der Waals surface area contributed by atoms with E-state index < -0.39 is 12.0 Å². The van der Waals surface area contributed by atoms with Crippen molar-refractivity contribution in [3.05, 3.63) is 42.0 Å². The average Bonchev–Trinajstić information content (AvgIpc) is 3.07. The summed E-state index contributed by atoms with van der Waals surface area (Å²) in [5, 5.41) is 2.53. The predicted octanol–water partition coefficient (Wildman–Crippen LogP) is 1.12. The maximum absolute atomic E-state index is 12.2. The normalized spacial score (nSPS) is 20.3. The van der Waals surface area contributed by atoms with Gasteiger partial charge in [-0.2, -0.15) is 0 Å². The van der Waals surface area contributed by atoms with Gasteiger partial charge in [0.25, 0.3) is 5.91 Å². The van der Waals surface area contributed by atoms with Crippen molar-refractivity contribution in [1.29, 1.82) is 0 Å². The van der Waals surface area contributed by atoms with Gasteiger partial charge in [0.15, 0.2) is 6.61 Å². The Morgan fingerprint density at radius 1 is 1.21 bits per heavy atom. The monoisotopic (exact) mass is 328 g/mol. The molecule has 2 aliphatic heterocycles. The largest absolute Gasteiger partial charge is 0.454 e. The summed E-state index contributed by atoms with van der Waals surface area (Å²) in [6.45, 7) is 0.845. The van der Waals surface area contributed by atoms with Crippen molar-refractivity contribution in [1.82, 2.24) is 10.2 Å². The zero-order valence-corrected chi connectivity index (χ0v) is 13.4. The number of hydrogen-bond donors (Lipinski definition) is 1. The number of nitrogens with one attached hydrogen (secondary N) is 1.